The minimum absolute atomic E-state index is 0.132. The Balaban J connectivity index is 2.42. The van der Waals surface area contributed by atoms with Gasteiger partial charge in [-0.25, -0.2) is 10.4 Å². The van der Waals surface area contributed by atoms with Gasteiger partial charge in [0.1, 0.15) is 0 Å². The van der Waals surface area contributed by atoms with Crippen molar-refractivity contribution >= 4 is 17.2 Å². The number of rotatable bonds is 1. The molecular formula is C7H10N4OS. The summed E-state index contributed by atoms with van der Waals surface area (Å²) in [6.07, 6.45) is 0. The molecule has 0 aromatic carbocycles. The van der Waals surface area contributed by atoms with Gasteiger partial charge in [0.05, 0.1) is 11.7 Å². The molecule has 1 amide bonds. The number of amides is 1. The minimum atomic E-state index is -0.452. The summed E-state index contributed by atoms with van der Waals surface area (Å²) < 4.78 is 0. The normalized spacial score (nSPS) is 21.2. The first kappa shape index (κ1) is 8.61. The van der Waals surface area contributed by atoms with Crippen LogP contribution in [0.25, 0.3) is 0 Å². The smallest absolute Gasteiger partial charge is 0.277 e. The molecule has 0 radical (unpaired) electrons. The lowest BCUT2D eigenvalue weighted by Crippen LogP contribution is -2.38. The number of nitrogens with one attached hydrogen (secondary N) is 2. The van der Waals surface area contributed by atoms with Crippen molar-refractivity contribution in [1.82, 2.24) is 15.8 Å². The van der Waals surface area contributed by atoms with Gasteiger partial charge in [-0.15, -0.1) is 11.3 Å². The van der Waals surface area contributed by atoms with Gasteiger partial charge in [-0.2, -0.15) is 0 Å². The van der Waals surface area contributed by atoms with Crippen LogP contribution in [-0.4, -0.2) is 10.9 Å². The number of nitrogens with zero attached hydrogens (tertiary/aromatic N) is 1. The van der Waals surface area contributed by atoms with Crippen molar-refractivity contribution in [1.29, 1.82) is 0 Å². The second-order valence-electron chi connectivity index (χ2n) is 2.91. The van der Waals surface area contributed by atoms with E-state index < -0.39 is 5.91 Å². The van der Waals surface area contributed by atoms with Crippen molar-refractivity contribution in [3.05, 3.63) is 15.6 Å². The minimum Gasteiger partial charge on any atom is -0.364 e. The summed E-state index contributed by atoms with van der Waals surface area (Å²) in [5.41, 5.74) is 12.1. The van der Waals surface area contributed by atoms with E-state index in [9.17, 15) is 4.79 Å². The van der Waals surface area contributed by atoms with E-state index in [4.69, 9.17) is 5.73 Å². The number of hydrogen-bond acceptors (Lipinski definition) is 5. The highest BCUT2D eigenvalue weighted by molar-refractivity contribution is 7.13. The zero-order chi connectivity index (χ0) is 9.42. The second kappa shape index (κ2) is 3.06. The highest BCUT2D eigenvalue weighted by Crippen LogP contribution is 2.25. The van der Waals surface area contributed by atoms with Crippen molar-refractivity contribution in [3.8, 4) is 0 Å². The standard InChI is InChI=1S/C7H10N4OS/c1-3-5-4(2-9-11-3)13-7(10-5)6(8)12/h3,9,11H,2H2,1H3,(H2,8,12). The molecule has 4 N–H and O–H groups in total. The Hall–Kier alpha value is -0.980. The fourth-order valence-electron chi connectivity index (χ4n) is 1.29. The third-order valence-corrected chi connectivity index (χ3v) is 3.00. The fourth-order valence-corrected chi connectivity index (χ4v) is 2.24. The number of nitrogens with two attached hydrogens (primary N) is 1. The van der Waals surface area contributed by atoms with Gasteiger partial charge in [-0.05, 0) is 6.92 Å². The number of hydrogen-bond donors (Lipinski definition) is 3. The molecular weight excluding hydrogens is 188 g/mol. The third kappa shape index (κ3) is 1.43. The van der Waals surface area contributed by atoms with Gasteiger partial charge in [-0.3, -0.25) is 10.2 Å². The van der Waals surface area contributed by atoms with Crippen LogP contribution in [0.4, 0.5) is 0 Å². The number of carbonyl (C=O) groups excluding carboxylic acids is 1. The lowest BCUT2D eigenvalue weighted by atomic mass is 10.2. The molecule has 1 aromatic rings. The highest BCUT2D eigenvalue weighted by atomic mass is 32.1. The van der Waals surface area contributed by atoms with E-state index in [0.717, 1.165) is 10.6 Å². The van der Waals surface area contributed by atoms with Crippen LogP contribution in [0.5, 0.6) is 0 Å². The number of primary amides is 1. The summed E-state index contributed by atoms with van der Waals surface area (Å²) in [4.78, 5) is 16.1. The van der Waals surface area contributed by atoms with Crippen molar-refractivity contribution in [2.45, 2.75) is 19.5 Å². The van der Waals surface area contributed by atoms with Crippen LogP contribution in [0.1, 0.15) is 33.3 Å². The molecule has 1 aliphatic rings. The van der Waals surface area contributed by atoms with Crippen molar-refractivity contribution in [2.24, 2.45) is 5.73 Å². The maximum atomic E-state index is 10.9. The predicted molar refractivity (Wildman–Crippen MR) is 49.0 cm³/mol. The van der Waals surface area contributed by atoms with Crippen LogP contribution in [-0.2, 0) is 6.54 Å². The van der Waals surface area contributed by atoms with E-state index in [1.54, 1.807) is 0 Å². The van der Waals surface area contributed by atoms with Crippen molar-refractivity contribution in [2.75, 3.05) is 0 Å². The average molecular weight is 198 g/mol. The Bertz CT molecular complexity index is 348. The van der Waals surface area contributed by atoms with E-state index in [-0.39, 0.29) is 6.04 Å². The Morgan fingerprint density at radius 2 is 2.54 bits per heavy atom. The third-order valence-electron chi connectivity index (χ3n) is 1.92. The van der Waals surface area contributed by atoms with E-state index >= 15 is 0 Å². The first-order valence-electron chi connectivity index (χ1n) is 3.96. The van der Waals surface area contributed by atoms with Gasteiger partial charge in [0.25, 0.3) is 5.91 Å². The molecule has 1 atom stereocenters. The molecule has 0 spiro atoms. The van der Waals surface area contributed by atoms with Crippen LogP contribution in [0, 0.1) is 0 Å². The molecule has 13 heavy (non-hydrogen) atoms. The largest absolute Gasteiger partial charge is 0.364 e. The van der Waals surface area contributed by atoms with E-state index in [1.807, 2.05) is 6.92 Å². The summed E-state index contributed by atoms with van der Waals surface area (Å²) in [6, 6.07) is 0.132. The van der Waals surface area contributed by atoms with Gasteiger partial charge in [0, 0.05) is 11.4 Å². The molecule has 1 aliphatic heterocycles. The fraction of sp³-hybridized carbons (Fsp3) is 0.429. The molecule has 0 aliphatic carbocycles. The Morgan fingerprint density at radius 3 is 3.15 bits per heavy atom. The van der Waals surface area contributed by atoms with E-state index in [2.05, 4.69) is 15.8 Å². The zero-order valence-electron chi connectivity index (χ0n) is 7.13. The van der Waals surface area contributed by atoms with Crippen molar-refractivity contribution < 1.29 is 4.79 Å². The van der Waals surface area contributed by atoms with Crippen LogP contribution in [0.2, 0.25) is 0 Å². The SMILES string of the molecule is CC1NNCc2sc(C(N)=O)nc21. The zero-order valence-corrected chi connectivity index (χ0v) is 7.94. The quantitative estimate of drug-likeness (QED) is 0.589. The summed E-state index contributed by atoms with van der Waals surface area (Å²) in [7, 11) is 0. The molecule has 6 heteroatoms. The Labute approximate surface area is 79.3 Å². The Morgan fingerprint density at radius 1 is 1.77 bits per heavy atom. The lowest BCUT2D eigenvalue weighted by molar-refractivity contribution is 0.0999. The summed E-state index contributed by atoms with van der Waals surface area (Å²) in [5, 5.41) is 0.391. The number of fused-ring (bicyclic) bond motifs is 1. The van der Waals surface area contributed by atoms with Gasteiger partial charge in [-0.1, -0.05) is 0 Å². The molecule has 0 bridgehead atoms. The molecule has 1 aromatic heterocycles. The molecule has 70 valence electrons. The first-order chi connectivity index (χ1) is 6.18. The molecule has 0 fully saturated rings. The van der Waals surface area contributed by atoms with Crippen LogP contribution in [0.15, 0.2) is 0 Å². The monoisotopic (exact) mass is 198 g/mol. The molecule has 2 rings (SSSR count). The maximum Gasteiger partial charge on any atom is 0.277 e. The van der Waals surface area contributed by atoms with Gasteiger partial charge in [0.2, 0.25) is 0 Å². The number of carbonyl (C=O) groups is 1. The maximum absolute atomic E-state index is 10.9. The number of hydrazine groups is 1. The van der Waals surface area contributed by atoms with E-state index in [1.165, 1.54) is 11.3 Å². The molecule has 5 nitrogen and oxygen atoms in total. The summed E-state index contributed by atoms with van der Waals surface area (Å²) in [5.74, 6) is -0.452. The van der Waals surface area contributed by atoms with Gasteiger partial charge < -0.3 is 5.73 Å². The first-order valence-corrected chi connectivity index (χ1v) is 4.78. The number of thiazole rings is 1. The van der Waals surface area contributed by atoms with Crippen LogP contribution in [0.3, 0.4) is 0 Å². The average Bonchev–Trinajstić information content (AvgIpc) is 2.49. The van der Waals surface area contributed by atoms with Crippen LogP contribution < -0.4 is 16.6 Å². The molecule has 2 heterocycles. The lowest BCUT2D eigenvalue weighted by Gasteiger charge is -2.19. The van der Waals surface area contributed by atoms with Gasteiger partial charge in [0.15, 0.2) is 5.01 Å². The Kier molecular flexibility index (Phi) is 2.03. The number of aromatic nitrogens is 1. The second-order valence-corrected chi connectivity index (χ2v) is 3.99. The predicted octanol–water partition coefficient (Wildman–Crippen LogP) is -0.0892. The molecule has 1 unspecified atom stereocenters. The van der Waals surface area contributed by atoms with Gasteiger partial charge >= 0.3 is 0 Å². The molecule has 0 saturated heterocycles. The van der Waals surface area contributed by atoms with Crippen LogP contribution >= 0.6 is 11.3 Å². The summed E-state index contributed by atoms with van der Waals surface area (Å²) in [6.45, 7) is 2.68. The van der Waals surface area contributed by atoms with E-state index in [0.29, 0.717) is 11.6 Å². The topological polar surface area (TPSA) is 80.0 Å². The molecule has 0 saturated carbocycles. The highest BCUT2D eigenvalue weighted by Gasteiger charge is 2.21. The van der Waals surface area contributed by atoms with Crippen molar-refractivity contribution in [3.63, 3.8) is 0 Å². The summed E-state index contributed by atoms with van der Waals surface area (Å²) >= 11 is 1.36.